The number of aliphatic hydroxyl groups excluding tert-OH is 1. The molecule has 2 bridgehead atoms. The van der Waals surface area contributed by atoms with E-state index in [-0.39, 0.29) is 6.04 Å². The molecule has 0 aromatic heterocycles. The maximum atomic E-state index is 12.1. The molecular weight excluding hydrogens is 362 g/mol. The summed E-state index contributed by atoms with van der Waals surface area (Å²) in [4.78, 5) is 14.3. The topological polar surface area (TPSA) is 88.5 Å². The van der Waals surface area contributed by atoms with Crippen LogP contribution >= 0.6 is 0 Å². The van der Waals surface area contributed by atoms with Crippen molar-refractivity contribution in [3.8, 4) is 11.5 Å². The summed E-state index contributed by atoms with van der Waals surface area (Å²) in [6.07, 6.45) is 1.66. The molecule has 150 valence electrons. The third kappa shape index (κ3) is 1.97. The largest absolute Gasteiger partial charge is 0.493 e. The first kappa shape index (κ1) is 18.0. The Balaban J connectivity index is 1.72. The Kier molecular flexibility index (Phi) is 3.67. The molecule has 2 N–H and O–H groups in total. The highest BCUT2D eigenvalue weighted by Gasteiger charge is 2.72. The predicted octanol–water partition coefficient (Wildman–Crippen LogP) is 0.897. The number of aliphatic hydroxyl groups is 2. The van der Waals surface area contributed by atoms with E-state index in [0.29, 0.717) is 30.1 Å². The van der Waals surface area contributed by atoms with Crippen molar-refractivity contribution in [3.63, 3.8) is 0 Å². The number of esters is 1. The second-order valence-corrected chi connectivity index (χ2v) is 8.38. The molecule has 4 aliphatic rings. The van der Waals surface area contributed by atoms with E-state index >= 15 is 0 Å². The fourth-order valence-electron chi connectivity index (χ4n) is 5.79. The SMILES string of the molecule is COc1ccc2c3c1OC1C(OC(=O)[C@H](C)O)=CC[C@@]4(O)[C@@H](C2)N(C)CCC314. The number of carbonyl (C=O) groups excluding carboxylic acids is 1. The molecule has 1 saturated heterocycles. The average Bonchev–Trinajstić information content (AvgIpc) is 3.02. The van der Waals surface area contributed by atoms with Crippen LogP contribution in [0.3, 0.4) is 0 Å². The molecule has 1 spiro atoms. The molecular formula is C21H25NO6. The lowest BCUT2D eigenvalue weighted by Gasteiger charge is -2.61. The van der Waals surface area contributed by atoms with E-state index in [2.05, 4.69) is 11.0 Å². The Morgan fingerprint density at radius 1 is 1.43 bits per heavy atom. The lowest BCUT2D eigenvalue weighted by molar-refractivity contribution is -0.171. The van der Waals surface area contributed by atoms with Crippen molar-refractivity contribution in [2.24, 2.45) is 0 Å². The van der Waals surface area contributed by atoms with Gasteiger partial charge in [-0.15, -0.1) is 0 Å². The minimum atomic E-state index is -1.23. The number of hydrogen-bond acceptors (Lipinski definition) is 7. The molecule has 2 unspecified atom stereocenters. The number of ether oxygens (including phenoxy) is 3. The Morgan fingerprint density at radius 2 is 2.21 bits per heavy atom. The third-order valence-corrected chi connectivity index (χ3v) is 7.12. The highest BCUT2D eigenvalue weighted by molar-refractivity contribution is 5.75. The van der Waals surface area contributed by atoms with E-state index < -0.39 is 29.2 Å². The normalized spacial score (nSPS) is 36.1. The number of nitrogens with zero attached hydrogens (tertiary/aromatic N) is 1. The molecule has 7 nitrogen and oxygen atoms in total. The molecule has 28 heavy (non-hydrogen) atoms. The van der Waals surface area contributed by atoms with Crippen LogP contribution in [0, 0.1) is 0 Å². The van der Waals surface area contributed by atoms with Crippen molar-refractivity contribution >= 4 is 5.97 Å². The van der Waals surface area contributed by atoms with E-state index in [1.807, 2.05) is 13.1 Å². The van der Waals surface area contributed by atoms with Crippen LogP contribution in [-0.2, 0) is 21.4 Å². The van der Waals surface area contributed by atoms with Crippen LogP contribution in [-0.4, -0.2) is 65.6 Å². The summed E-state index contributed by atoms with van der Waals surface area (Å²) in [6, 6.07) is 3.90. The van der Waals surface area contributed by atoms with Gasteiger partial charge in [0.1, 0.15) is 11.9 Å². The van der Waals surface area contributed by atoms with Crippen LogP contribution in [0.2, 0.25) is 0 Å². The summed E-state index contributed by atoms with van der Waals surface area (Å²) in [5.41, 5.74) is 0.394. The second kappa shape index (κ2) is 5.72. The smallest absolute Gasteiger partial charge is 0.339 e. The number of likely N-dealkylation sites (N-methyl/N-ethyl adjacent to an activating group) is 1. The molecule has 0 saturated carbocycles. The Bertz CT molecular complexity index is 895. The lowest BCUT2D eigenvalue weighted by atomic mass is 9.50. The predicted molar refractivity (Wildman–Crippen MR) is 99.2 cm³/mol. The van der Waals surface area contributed by atoms with Crippen LogP contribution in [0.5, 0.6) is 11.5 Å². The molecule has 2 aliphatic heterocycles. The van der Waals surface area contributed by atoms with Gasteiger partial charge < -0.3 is 29.3 Å². The number of benzene rings is 1. The number of rotatable bonds is 3. The maximum Gasteiger partial charge on any atom is 0.339 e. The minimum Gasteiger partial charge on any atom is -0.493 e. The van der Waals surface area contributed by atoms with Crippen LogP contribution in [0.4, 0.5) is 0 Å². The molecule has 1 aromatic carbocycles. The number of carbonyl (C=O) groups is 1. The molecule has 1 fully saturated rings. The zero-order chi connectivity index (χ0) is 19.8. The van der Waals surface area contributed by atoms with Crippen LogP contribution < -0.4 is 9.47 Å². The Morgan fingerprint density at radius 3 is 2.93 bits per heavy atom. The first-order chi connectivity index (χ1) is 13.3. The highest BCUT2D eigenvalue weighted by Crippen LogP contribution is 2.65. The van der Waals surface area contributed by atoms with Gasteiger partial charge in [0.2, 0.25) is 0 Å². The van der Waals surface area contributed by atoms with Gasteiger partial charge in [0, 0.05) is 18.0 Å². The summed E-state index contributed by atoms with van der Waals surface area (Å²) >= 11 is 0. The first-order valence-electron chi connectivity index (χ1n) is 9.73. The highest BCUT2D eigenvalue weighted by atomic mass is 16.6. The van der Waals surface area contributed by atoms with E-state index in [1.54, 1.807) is 13.2 Å². The van der Waals surface area contributed by atoms with Gasteiger partial charge in [0.25, 0.3) is 0 Å². The summed E-state index contributed by atoms with van der Waals surface area (Å²) in [5.74, 6) is 0.890. The lowest BCUT2D eigenvalue weighted by Crippen LogP contribution is -2.74. The van der Waals surface area contributed by atoms with Crippen molar-refractivity contribution in [3.05, 3.63) is 35.1 Å². The molecule has 5 atom stereocenters. The summed E-state index contributed by atoms with van der Waals surface area (Å²) < 4.78 is 17.4. The molecule has 1 aromatic rings. The van der Waals surface area contributed by atoms with E-state index in [4.69, 9.17) is 14.2 Å². The number of piperidine rings is 1. The minimum absolute atomic E-state index is 0.0514. The standard InChI is InChI=1S/C21H25NO6/c1-11(23)19(24)27-14-6-7-21(25)15-10-12-4-5-13(26-3)17-16(12)20(21,18(14)28-17)8-9-22(15)2/h4-6,11,15,18,23,25H,7-10H2,1-3H3/t11-,15+,18?,20?,21+/m0/s1. The van der Waals surface area contributed by atoms with Crippen molar-refractivity contribution in [2.75, 3.05) is 20.7 Å². The molecule has 5 rings (SSSR count). The summed E-state index contributed by atoms with van der Waals surface area (Å²) in [6.45, 7) is 2.18. The molecule has 2 aliphatic carbocycles. The van der Waals surface area contributed by atoms with Gasteiger partial charge in [-0.05, 0) is 51.1 Å². The van der Waals surface area contributed by atoms with Crippen molar-refractivity contribution < 1.29 is 29.2 Å². The molecule has 7 heteroatoms. The second-order valence-electron chi connectivity index (χ2n) is 8.38. The van der Waals surface area contributed by atoms with Crippen molar-refractivity contribution in [1.29, 1.82) is 0 Å². The van der Waals surface area contributed by atoms with Crippen molar-refractivity contribution in [2.45, 2.75) is 55.5 Å². The molecule has 0 radical (unpaired) electrons. The average molecular weight is 387 g/mol. The number of hydrogen-bond donors (Lipinski definition) is 2. The van der Waals surface area contributed by atoms with Gasteiger partial charge in [-0.1, -0.05) is 6.07 Å². The fourth-order valence-corrected chi connectivity index (χ4v) is 5.79. The summed E-state index contributed by atoms with van der Waals surface area (Å²) in [7, 11) is 3.64. The summed E-state index contributed by atoms with van der Waals surface area (Å²) in [5, 5.41) is 21.6. The van der Waals surface area contributed by atoms with Gasteiger partial charge in [-0.3, -0.25) is 0 Å². The van der Waals surface area contributed by atoms with Gasteiger partial charge in [0.15, 0.2) is 17.6 Å². The fraction of sp³-hybridized carbons (Fsp3) is 0.571. The quantitative estimate of drug-likeness (QED) is 0.745. The Labute approximate surface area is 163 Å². The van der Waals surface area contributed by atoms with Crippen LogP contribution in [0.25, 0.3) is 0 Å². The van der Waals surface area contributed by atoms with Gasteiger partial charge in [-0.25, -0.2) is 4.79 Å². The van der Waals surface area contributed by atoms with E-state index in [0.717, 1.165) is 24.1 Å². The van der Waals surface area contributed by atoms with E-state index in [1.165, 1.54) is 6.92 Å². The number of likely N-dealkylation sites (tertiary alicyclic amines) is 1. The maximum absolute atomic E-state index is 12.1. The zero-order valence-electron chi connectivity index (χ0n) is 16.3. The first-order valence-corrected chi connectivity index (χ1v) is 9.73. The Hall–Kier alpha value is -2.09. The van der Waals surface area contributed by atoms with Crippen LogP contribution in [0.15, 0.2) is 24.0 Å². The number of methoxy groups -OCH3 is 1. The molecule has 0 amide bonds. The zero-order valence-corrected chi connectivity index (χ0v) is 16.3. The van der Waals surface area contributed by atoms with Gasteiger partial charge in [-0.2, -0.15) is 0 Å². The van der Waals surface area contributed by atoms with E-state index in [9.17, 15) is 15.0 Å². The monoisotopic (exact) mass is 387 g/mol. The van der Waals surface area contributed by atoms with Gasteiger partial charge >= 0.3 is 5.97 Å². The van der Waals surface area contributed by atoms with Crippen molar-refractivity contribution in [1.82, 2.24) is 4.90 Å². The van der Waals surface area contributed by atoms with Gasteiger partial charge in [0.05, 0.1) is 18.1 Å². The molecule has 2 heterocycles. The van der Waals surface area contributed by atoms with Crippen LogP contribution in [0.1, 0.15) is 30.9 Å². The third-order valence-electron chi connectivity index (χ3n) is 7.12.